The maximum absolute atomic E-state index is 5.94. The summed E-state index contributed by atoms with van der Waals surface area (Å²) in [5.41, 5.74) is 11.4. The maximum atomic E-state index is 5.94. The van der Waals surface area contributed by atoms with Gasteiger partial charge in [0.1, 0.15) is 0 Å². The molecular weight excluding hydrogens is 476 g/mol. The molecule has 36 heavy (non-hydrogen) atoms. The highest BCUT2D eigenvalue weighted by Crippen LogP contribution is 2.24. The second-order valence-corrected chi connectivity index (χ2v) is 11.9. The average molecular weight is 525 g/mol. The van der Waals surface area contributed by atoms with E-state index in [4.69, 9.17) is 24.7 Å². The third-order valence-corrected chi connectivity index (χ3v) is 9.39. The molecule has 1 unspecified atom stereocenters. The van der Waals surface area contributed by atoms with Gasteiger partial charge in [-0.25, -0.2) is 10.2 Å². The van der Waals surface area contributed by atoms with Gasteiger partial charge in [-0.1, -0.05) is 57.8 Å². The molecule has 6 N–H and O–H groups in total. The summed E-state index contributed by atoms with van der Waals surface area (Å²) >= 11 is 0. The normalized spacial score (nSPS) is 12.9. The van der Waals surface area contributed by atoms with E-state index in [1.54, 1.807) is 0 Å². The molecule has 12 heteroatoms. The van der Waals surface area contributed by atoms with Crippen LogP contribution in [0.15, 0.2) is 0 Å². The van der Waals surface area contributed by atoms with Crippen molar-refractivity contribution in [3.8, 4) is 0 Å². The fourth-order valence-electron chi connectivity index (χ4n) is 4.56. The van der Waals surface area contributed by atoms with Crippen molar-refractivity contribution in [3.05, 3.63) is 11.6 Å². The number of hydrogen-bond acceptors (Lipinski definition) is 9. The van der Waals surface area contributed by atoms with Gasteiger partial charge in [-0.3, -0.25) is 0 Å². The lowest BCUT2D eigenvalue weighted by Gasteiger charge is -2.28. The SMILES string of the molecule is CCO[Si](CCCCCCCCCCCCC(Cc1n[nH]c(N)n1)c1n[nH]c(N)n1)(OCC)OCC. The molecule has 2 aromatic heterocycles. The molecule has 2 heterocycles. The predicted molar refractivity (Wildman–Crippen MR) is 144 cm³/mol. The molecule has 0 amide bonds. The molecule has 206 valence electrons. The first-order valence-electron chi connectivity index (χ1n) is 13.8. The first-order valence-corrected chi connectivity index (χ1v) is 15.7. The van der Waals surface area contributed by atoms with Gasteiger partial charge in [-0.15, -0.1) is 0 Å². The molecule has 0 aromatic carbocycles. The Labute approximate surface area is 217 Å². The summed E-state index contributed by atoms with van der Waals surface area (Å²) in [5, 5.41) is 13.8. The number of aromatic amines is 2. The molecular formula is C24H48N8O3Si. The van der Waals surface area contributed by atoms with E-state index >= 15 is 0 Å². The highest BCUT2D eigenvalue weighted by atomic mass is 28.4. The molecule has 0 fully saturated rings. The van der Waals surface area contributed by atoms with Gasteiger partial charge in [0.15, 0.2) is 11.6 Å². The number of aromatic nitrogens is 6. The van der Waals surface area contributed by atoms with Crippen LogP contribution in [-0.2, 0) is 19.7 Å². The molecule has 2 rings (SSSR count). The van der Waals surface area contributed by atoms with Crippen molar-refractivity contribution in [3.63, 3.8) is 0 Å². The van der Waals surface area contributed by atoms with Crippen molar-refractivity contribution >= 4 is 20.7 Å². The molecule has 2 aromatic rings. The largest absolute Gasteiger partial charge is 0.500 e. The van der Waals surface area contributed by atoms with Gasteiger partial charge in [-0.2, -0.15) is 20.2 Å². The van der Waals surface area contributed by atoms with Crippen molar-refractivity contribution in [2.45, 2.75) is 110 Å². The van der Waals surface area contributed by atoms with Gasteiger partial charge < -0.3 is 24.7 Å². The maximum Gasteiger partial charge on any atom is 0.500 e. The van der Waals surface area contributed by atoms with Crippen LogP contribution in [0.2, 0.25) is 6.04 Å². The molecule has 0 aliphatic heterocycles. The highest BCUT2D eigenvalue weighted by Gasteiger charge is 2.39. The lowest BCUT2D eigenvalue weighted by molar-refractivity contribution is 0.0706. The number of nitrogens with one attached hydrogen (secondary N) is 2. The van der Waals surface area contributed by atoms with Gasteiger partial charge in [0.2, 0.25) is 11.9 Å². The van der Waals surface area contributed by atoms with Crippen LogP contribution in [0.25, 0.3) is 0 Å². The number of rotatable bonds is 22. The molecule has 0 spiro atoms. The van der Waals surface area contributed by atoms with Gasteiger partial charge in [0.05, 0.1) is 0 Å². The number of nitrogens with two attached hydrogens (primary N) is 2. The van der Waals surface area contributed by atoms with E-state index in [1.807, 2.05) is 20.8 Å². The summed E-state index contributed by atoms with van der Waals surface area (Å²) in [6.45, 7) is 7.99. The minimum atomic E-state index is -2.47. The highest BCUT2D eigenvalue weighted by molar-refractivity contribution is 6.60. The third kappa shape index (κ3) is 11.4. The van der Waals surface area contributed by atoms with Crippen LogP contribution in [0.4, 0.5) is 11.9 Å². The molecule has 0 saturated heterocycles. The zero-order valence-electron chi connectivity index (χ0n) is 22.6. The van der Waals surface area contributed by atoms with E-state index in [0.717, 1.165) is 31.1 Å². The zero-order valence-corrected chi connectivity index (χ0v) is 23.6. The van der Waals surface area contributed by atoms with Crippen LogP contribution in [0.3, 0.4) is 0 Å². The van der Waals surface area contributed by atoms with E-state index in [9.17, 15) is 0 Å². The van der Waals surface area contributed by atoms with Gasteiger partial charge in [-0.05, 0) is 33.6 Å². The second-order valence-electron chi connectivity index (χ2n) is 9.17. The van der Waals surface area contributed by atoms with Crippen molar-refractivity contribution < 1.29 is 13.3 Å². The average Bonchev–Trinajstić information content (AvgIpc) is 3.47. The minimum absolute atomic E-state index is 0.128. The number of nitrogen functional groups attached to an aromatic ring is 2. The van der Waals surface area contributed by atoms with Crippen molar-refractivity contribution in [2.24, 2.45) is 0 Å². The summed E-state index contributed by atoms with van der Waals surface area (Å²) in [7, 11) is -2.47. The van der Waals surface area contributed by atoms with Crippen LogP contribution in [0.1, 0.15) is 109 Å². The Morgan fingerprint density at radius 3 is 1.67 bits per heavy atom. The van der Waals surface area contributed by atoms with Gasteiger partial charge in [0, 0.05) is 38.2 Å². The number of unbranched alkanes of at least 4 members (excludes halogenated alkanes) is 9. The Bertz CT molecular complexity index is 802. The molecule has 0 radical (unpaired) electrons. The molecule has 0 bridgehead atoms. The van der Waals surface area contributed by atoms with Crippen LogP contribution in [0, 0.1) is 0 Å². The smallest absolute Gasteiger partial charge is 0.374 e. The Hall–Kier alpha value is -2.02. The minimum Gasteiger partial charge on any atom is -0.374 e. The molecule has 1 atom stereocenters. The zero-order chi connectivity index (χ0) is 26.1. The van der Waals surface area contributed by atoms with Gasteiger partial charge in [0.25, 0.3) is 0 Å². The van der Waals surface area contributed by atoms with Crippen molar-refractivity contribution in [1.29, 1.82) is 0 Å². The van der Waals surface area contributed by atoms with E-state index < -0.39 is 8.80 Å². The van der Waals surface area contributed by atoms with Crippen LogP contribution in [0.5, 0.6) is 0 Å². The summed E-state index contributed by atoms with van der Waals surface area (Å²) in [5.74, 6) is 2.20. The van der Waals surface area contributed by atoms with E-state index in [2.05, 4.69) is 30.4 Å². The number of anilines is 2. The monoisotopic (exact) mass is 524 g/mol. The summed E-state index contributed by atoms with van der Waals surface area (Å²) < 4.78 is 17.8. The topological polar surface area (TPSA) is 163 Å². The number of H-pyrrole nitrogens is 2. The van der Waals surface area contributed by atoms with Crippen molar-refractivity contribution in [2.75, 3.05) is 31.3 Å². The van der Waals surface area contributed by atoms with Crippen LogP contribution in [-0.4, -0.2) is 59.0 Å². The van der Waals surface area contributed by atoms with Crippen LogP contribution >= 0.6 is 0 Å². The Morgan fingerprint density at radius 1 is 0.694 bits per heavy atom. The number of hydrogen-bond donors (Lipinski definition) is 4. The standard InChI is InChI=1S/C24H48N8O3Si/c1-4-33-36(34-5-2,35-6-3)18-16-14-12-10-8-7-9-11-13-15-17-20(22-28-24(26)32-30-22)19-21-27-23(25)31-29-21/h20H,4-19H2,1-3H3,(H3,25,27,29,31)(H3,26,28,30,32). The van der Waals surface area contributed by atoms with Gasteiger partial charge >= 0.3 is 8.80 Å². The van der Waals surface area contributed by atoms with E-state index in [-0.39, 0.29) is 5.92 Å². The Morgan fingerprint density at radius 2 is 1.19 bits per heavy atom. The lowest BCUT2D eigenvalue weighted by Crippen LogP contribution is -2.45. The first kappa shape index (κ1) is 30.2. The predicted octanol–water partition coefficient (Wildman–Crippen LogP) is 4.75. The fraction of sp³-hybridized carbons (Fsp3) is 0.833. The van der Waals surface area contributed by atoms with Crippen molar-refractivity contribution in [1.82, 2.24) is 30.4 Å². The first-order chi connectivity index (χ1) is 17.5. The van der Waals surface area contributed by atoms with Crippen LogP contribution < -0.4 is 11.5 Å². The summed E-state index contributed by atoms with van der Waals surface area (Å²) in [6, 6.07) is 0.924. The molecule has 11 nitrogen and oxygen atoms in total. The molecule has 0 aliphatic rings. The second kappa shape index (κ2) is 17.4. The molecule has 0 saturated carbocycles. The summed E-state index contributed by atoms with van der Waals surface area (Å²) in [6.07, 6.45) is 14.0. The third-order valence-electron chi connectivity index (χ3n) is 6.24. The Balaban J connectivity index is 1.54. The lowest BCUT2D eigenvalue weighted by atomic mass is 9.96. The Kier molecular flexibility index (Phi) is 14.6. The van der Waals surface area contributed by atoms with E-state index in [1.165, 1.54) is 51.4 Å². The van der Waals surface area contributed by atoms with E-state index in [0.29, 0.717) is 44.0 Å². The number of nitrogens with zero attached hydrogens (tertiary/aromatic N) is 4. The summed E-state index contributed by atoms with van der Waals surface area (Å²) in [4.78, 5) is 8.54. The molecule has 0 aliphatic carbocycles. The quantitative estimate of drug-likeness (QED) is 0.126. The fourth-order valence-corrected chi connectivity index (χ4v) is 7.25.